The Morgan fingerprint density at radius 3 is 2.50 bits per heavy atom. The van der Waals surface area contributed by atoms with Crippen LogP contribution in [0.3, 0.4) is 0 Å². The molecule has 1 saturated heterocycles. The van der Waals surface area contributed by atoms with Crippen LogP contribution in [0.1, 0.15) is 15.9 Å². The van der Waals surface area contributed by atoms with Gasteiger partial charge in [0.2, 0.25) is 0 Å². The lowest BCUT2D eigenvalue weighted by Gasteiger charge is -2.35. The van der Waals surface area contributed by atoms with Gasteiger partial charge in [-0.3, -0.25) is 14.7 Å². The van der Waals surface area contributed by atoms with Gasteiger partial charge in [0.25, 0.3) is 5.91 Å². The van der Waals surface area contributed by atoms with Crippen LogP contribution >= 0.6 is 0 Å². The Kier molecular flexibility index (Phi) is 4.94. The van der Waals surface area contributed by atoms with Crippen LogP contribution in [0.5, 0.6) is 0 Å². The van der Waals surface area contributed by atoms with Gasteiger partial charge in [-0.25, -0.2) is 9.67 Å². The van der Waals surface area contributed by atoms with Crippen LogP contribution in [-0.2, 0) is 6.54 Å². The number of carbonyl (C=O) groups is 1. The fourth-order valence-electron chi connectivity index (χ4n) is 3.93. The minimum Gasteiger partial charge on any atom is -0.336 e. The summed E-state index contributed by atoms with van der Waals surface area (Å²) in [6.07, 6.45) is 4.98. The van der Waals surface area contributed by atoms with Crippen LogP contribution < -0.4 is 0 Å². The number of amides is 1. The van der Waals surface area contributed by atoms with E-state index in [-0.39, 0.29) is 5.91 Å². The monoisotopic (exact) mass is 398 g/mol. The summed E-state index contributed by atoms with van der Waals surface area (Å²) in [5.74, 6) is 0.0756. The molecular weight excluding hydrogens is 376 g/mol. The van der Waals surface area contributed by atoms with Gasteiger partial charge in [0.05, 0.1) is 11.2 Å². The average molecular weight is 398 g/mol. The molecule has 1 fully saturated rings. The third kappa shape index (κ3) is 3.67. The number of carbonyl (C=O) groups excluding carboxylic acids is 1. The van der Waals surface area contributed by atoms with Gasteiger partial charge in [0, 0.05) is 49.9 Å². The number of para-hydroxylation sites is 1. The zero-order chi connectivity index (χ0) is 20.3. The highest BCUT2D eigenvalue weighted by atomic mass is 16.2. The van der Waals surface area contributed by atoms with Crippen LogP contribution in [0.4, 0.5) is 0 Å². The van der Waals surface area contributed by atoms with Crippen molar-refractivity contribution < 1.29 is 4.79 Å². The van der Waals surface area contributed by atoms with Crippen molar-refractivity contribution in [2.24, 2.45) is 0 Å². The molecule has 3 heterocycles. The van der Waals surface area contributed by atoms with Crippen molar-refractivity contribution in [3.05, 3.63) is 84.6 Å². The minimum atomic E-state index is 0.0756. The number of benzene rings is 2. The van der Waals surface area contributed by atoms with E-state index < -0.39 is 0 Å². The largest absolute Gasteiger partial charge is 0.336 e. The van der Waals surface area contributed by atoms with Crippen LogP contribution in [0.15, 0.2) is 73.4 Å². The first kappa shape index (κ1) is 18.4. The fourth-order valence-corrected chi connectivity index (χ4v) is 3.93. The van der Waals surface area contributed by atoms with Crippen molar-refractivity contribution in [1.82, 2.24) is 29.5 Å². The fraction of sp³-hybridized carbons (Fsp3) is 0.217. The lowest BCUT2D eigenvalue weighted by atomic mass is 10.1. The second-order valence-corrected chi connectivity index (χ2v) is 7.45. The van der Waals surface area contributed by atoms with E-state index in [0.29, 0.717) is 5.56 Å². The molecule has 1 aliphatic heterocycles. The number of hydrogen-bond acceptors (Lipinski definition) is 5. The molecule has 1 aliphatic rings. The highest BCUT2D eigenvalue weighted by Gasteiger charge is 2.22. The average Bonchev–Trinajstić information content (AvgIpc) is 3.35. The van der Waals surface area contributed by atoms with Crippen molar-refractivity contribution in [3.63, 3.8) is 0 Å². The quantitative estimate of drug-likeness (QED) is 0.529. The number of nitrogens with zero attached hydrogens (tertiary/aromatic N) is 6. The first-order valence-corrected chi connectivity index (χ1v) is 10.1. The van der Waals surface area contributed by atoms with Gasteiger partial charge in [0.15, 0.2) is 0 Å². The lowest BCUT2D eigenvalue weighted by molar-refractivity contribution is 0.0629. The summed E-state index contributed by atoms with van der Waals surface area (Å²) in [4.78, 5) is 25.7. The molecule has 5 rings (SSSR count). The Bertz CT molecular complexity index is 1140. The summed E-state index contributed by atoms with van der Waals surface area (Å²) in [7, 11) is 0. The minimum absolute atomic E-state index is 0.0756. The molecule has 0 atom stereocenters. The molecule has 0 unspecified atom stereocenters. The Morgan fingerprint density at radius 1 is 0.933 bits per heavy atom. The number of fused-ring (bicyclic) bond motifs is 1. The van der Waals surface area contributed by atoms with Gasteiger partial charge in [-0.2, -0.15) is 5.10 Å². The van der Waals surface area contributed by atoms with Gasteiger partial charge in [0.1, 0.15) is 12.7 Å². The smallest absolute Gasteiger partial charge is 0.253 e. The second kappa shape index (κ2) is 8.04. The SMILES string of the molecule is O=C(c1ccc(-n2cncn2)cc1)N1CCN(Cc2cccc3cccnc23)CC1. The maximum absolute atomic E-state index is 12.9. The number of hydrogen-bond donors (Lipinski definition) is 0. The van der Waals surface area contributed by atoms with Crippen LogP contribution in [0.25, 0.3) is 16.6 Å². The molecule has 7 nitrogen and oxygen atoms in total. The molecule has 30 heavy (non-hydrogen) atoms. The number of aromatic nitrogens is 4. The zero-order valence-electron chi connectivity index (χ0n) is 16.6. The number of rotatable bonds is 4. The van der Waals surface area contributed by atoms with Crippen LogP contribution in [0, 0.1) is 0 Å². The summed E-state index contributed by atoms with van der Waals surface area (Å²) in [5.41, 5.74) is 3.88. The topological polar surface area (TPSA) is 67.2 Å². The van der Waals surface area contributed by atoms with E-state index in [1.165, 1.54) is 11.9 Å². The highest BCUT2D eigenvalue weighted by molar-refractivity contribution is 5.94. The van der Waals surface area contributed by atoms with Gasteiger partial charge < -0.3 is 4.90 Å². The Labute approximate surface area is 174 Å². The summed E-state index contributed by atoms with van der Waals surface area (Å²) in [5, 5.41) is 5.28. The van der Waals surface area contributed by atoms with E-state index >= 15 is 0 Å². The normalized spacial score (nSPS) is 14.9. The number of pyridine rings is 1. The molecule has 4 aromatic rings. The summed E-state index contributed by atoms with van der Waals surface area (Å²) < 4.78 is 1.68. The van der Waals surface area contributed by atoms with E-state index in [4.69, 9.17) is 0 Å². The van der Waals surface area contributed by atoms with Crippen LogP contribution in [0.2, 0.25) is 0 Å². The van der Waals surface area contributed by atoms with Gasteiger partial charge in [-0.05, 0) is 35.9 Å². The molecular formula is C23H22N6O. The highest BCUT2D eigenvalue weighted by Crippen LogP contribution is 2.19. The molecule has 0 saturated carbocycles. The molecule has 1 amide bonds. The van der Waals surface area contributed by atoms with Gasteiger partial charge in [-0.15, -0.1) is 0 Å². The molecule has 0 aliphatic carbocycles. The molecule has 0 spiro atoms. The predicted octanol–water partition coefficient (Wildman–Crippen LogP) is 2.77. The molecule has 0 N–H and O–H groups in total. The molecule has 0 radical (unpaired) electrons. The van der Waals surface area contributed by atoms with Crippen LogP contribution in [-0.4, -0.2) is 61.6 Å². The third-order valence-corrected chi connectivity index (χ3v) is 5.57. The molecule has 2 aromatic heterocycles. The molecule has 2 aromatic carbocycles. The summed E-state index contributed by atoms with van der Waals surface area (Å²) >= 11 is 0. The molecule has 7 heteroatoms. The second-order valence-electron chi connectivity index (χ2n) is 7.45. The Balaban J connectivity index is 1.22. The van der Waals surface area contributed by atoms with Crippen molar-refractivity contribution in [2.45, 2.75) is 6.54 Å². The van der Waals surface area contributed by atoms with Crippen molar-refractivity contribution in [2.75, 3.05) is 26.2 Å². The summed E-state index contributed by atoms with van der Waals surface area (Å²) in [6.45, 7) is 4.00. The maximum Gasteiger partial charge on any atom is 0.253 e. The number of piperazine rings is 1. The van der Waals surface area contributed by atoms with E-state index in [0.717, 1.165) is 49.3 Å². The van der Waals surface area contributed by atoms with Crippen molar-refractivity contribution in [3.8, 4) is 5.69 Å². The van der Waals surface area contributed by atoms with Crippen molar-refractivity contribution >= 4 is 16.8 Å². The van der Waals surface area contributed by atoms with E-state index in [1.807, 2.05) is 41.4 Å². The first-order chi connectivity index (χ1) is 14.8. The molecule has 0 bridgehead atoms. The first-order valence-electron chi connectivity index (χ1n) is 10.1. The van der Waals surface area contributed by atoms with E-state index in [9.17, 15) is 4.79 Å². The lowest BCUT2D eigenvalue weighted by Crippen LogP contribution is -2.48. The predicted molar refractivity (Wildman–Crippen MR) is 114 cm³/mol. The van der Waals surface area contributed by atoms with E-state index in [1.54, 1.807) is 11.0 Å². The standard InChI is InChI=1S/C23H22N6O/c30-23(19-6-8-21(9-7-19)29-17-24-16-26-29)28-13-11-27(12-14-28)15-20-4-1-3-18-5-2-10-25-22(18)20/h1-10,16-17H,11-15H2. The zero-order valence-corrected chi connectivity index (χ0v) is 16.6. The summed E-state index contributed by atoms with van der Waals surface area (Å²) in [6, 6.07) is 17.9. The van der Waals surface area contributed by atoms with Gasteiger partial charge >= 0.3 is 0 Å². The van der Waals surface area contributed by atoms with Gasteiger partial charge in [-0.1, -0.05) is 24.3 Å². The van der Waals surface area contributed by atoms with Crippen molar-refractivity contribution in [1.29, 1.82) is 0 Å². The molecule has 150 valence electrons. The Hall–Kier alpha value is -3.58. The maximum atomic E-state index is 12.9. The van der Waals surface area contributed by atoms with E-state index in [2.05, 4.69) is 44.2 Å². The Morgan fingerprint density at radius 2 is 1.73 bits per heavy atom. The third-order valence-electron chi connectivity index (χ3n) is 5.57.